The summed E-state index contributed by atoms with van der Waals surface area (Å²) < 4.78 is 0. The summed E-state index contributed by atoms with van der Waals surface area (Å²) in [4.78, 5) is 2.15. The number of rotatable bonds is 4. The standard InChI is InChI=1S/C11H19N3/c1-9-8-10(4-5-11(9)12)13-6-7-14(2)3/h4-5,8,13H,6-7,12H2,1-3H3. The minimum absolute atomic E-state index is 0.850. The number of anilines is 2. The number of aryl methyl sites for hydroxylation is 1. The lowest BCUT2D eigenvalue weighted by Gasteiger charge is -2.12. The molecule has 0 fully saturated rings. The molecule has 0 aromatic heterocycles. The van der Waals surface area contributed by atoms with Crippen LogP contribution < -0.4 is 11.1 Å². The fourth-order valence-electron chi connectivity index (χ4n) is 1.21. The van der Waals surface area contributed by atoms with Crippen molar-refractivity contribution in [3.05, 3.63) is 23.8 Å². The maximum Gasteiger partial charge on any atom is 0.0345 e. The van der Waals surface area contributed by atoms with Gasteiger partial charge in [0.1, 0.15) is 0 Å². The highest BCUT2D eigenvalue weighted by Gasteiger charge is 1.96. The fraction of sp³-hybridized carbons (Fsp3) is 0.455. The Kier molecular flexibility index (Phi) is 3.77. The molecule has 3 nitrogen and oxygen atoms in total. The number of benzene rings is 1. The zero-order valence-corrected chi connectivity index (χ0v) is 9.17. The number of nitrogen functional groups attached to an aromatic ring is 1. The first kappa shape index (κ1) is 10.9. The Bertz CT molecular complexity index is 295. The van der Waals surface area contributed by atoms with Gasteiger partial charge in [0.05, 0.1) is 0 Å². The summed E-state index contributed by atoms with van der Waals surface area (Å²) in [5.74, 6) is 0. The van der Waals surface area contributed by atoms with Gasteiger partial charge < -0.3 is 16.0 Å². The second-order valence-corrected chi connectivity index (χ2v) is 3.80. The largest absolute Gasteiger partial charge is 0.399 e. The second kappa shape index (κ2) is 4.86. The van der Waals surface area contributed by atoms with Crippen molar-refractivity contribution in [2.75, 3.05) is 38.2 Å². The van der Waals surface area contributed by atoms with E-state index < -0.39 is 0 Å². The smallest absolute Gasteiger partial charge is 0.0345 e. The second-order valence-electron chi connectivity index (χ2n) is 3.80. The van der Waals surface area contributed by atoms with E-state index in [-0.39, 0.29) is 0 Å². The van der Waals surface area contributed by atoms with Crippen LogP contribution in [0.3, 0.4) is 0 Å². The summed E-state index contributed by atoms with van der Waals surface area (Å²) in [5, 5.41) is 3.35. The fourth-order valence-corrected chi connectivity index (χ4v) is 1.21. The van der Waals surface area contributed by atoms with Crippen molar-refractivity contribution in [3.63, 3.8) is 0 Å². The molecule has 0 aliphatic carbocycles. The summed E-state index contributed by atoms with van der Waals surface area (Å²) in [7, 11) is 4.13. The van der Waals surface area contributed by atoms with Crippen LogP contribution in [0.4, 0.5) is 11.4 Å². The summed E-state index contributed by atoms with van der Waals surface area (Å²) in [6.45, 7) is 4.01. The maximum absolute atomic E-state index is 5.73. The van der Waals surface area contributed by atoms with E-state index in [2.05, 4.69) is 30.4 Å². The van der Waals surface area contributed by atoms with Crippen LogP contribution in [0.25, 0.3) is 0 Å². The highest BCUT2D eigenvalue weighted by Crippen LogP contribution is 2.15. The predicted molar refractivity (Wildman–Crippen MR) is 62.6 cm³/mol. The highest BCUT2D eigenvalue weighted by atomic mass is 15.1. The van der Waals surface area contributed by atoms with Crippen molar-refractivity contribution >= 4 is 11.4 Å². The molecule has 0 unspecified atom stereocenters. The van der Waals surface area contributed by atoms with Crippen LogP contribution >= 0.6 is 0 Å². The molecule has 1 aromatic rings. The summed E-state index contributed by atoms with van der Waals surface area (Å²) in [6, 6.07) is 6.02. The lowest BCUT2D eigenvalue weighted by atomic mass is 10.2. The van der Waals surface area contributed by atoms with E-state index >= 15 is 0 Å². The van der Waals surface area contributed by atoms with E-state index in [1.807, 2.05) is 19.1 Å². The van der Waals surface area contributed by atoms with Gasteiger partial charge in [0.2, 0.25) is 0 Å². The van der Waals surface area contributed by atoms with Crippen molar-refractivity contribution in [2.45, 2.75) is 6.92 Å². The summed E-state index contributed by atoms with van der Waals surface area (Å²) in [6.07, 6.45) is 0. The van der Waals surface area contributed by atoms with E-state index in [0.29, 0.717) is 0 Å². The number of hydrogen-bond acceptors (Lipinski definition) is 3. The molecule has 0 saturated carbocycles. The van der Waals surface area contributed by atoms with Gasteiger partial charge in [-0.3, -0.25) is 0 Å². The Morgan fingerprint density at radius 3 is 2.64 bits per heavy atom. The van der Waals surface area contributed by atoms with Crippen LogP contribution in [0.5, 0.6) is 0 Å². The molecule has 0 saturated heterocycles. The average Bonchev–Trinajstić information content (AvgIpc) is 2.10. The van der Waals surface area contributed by atoms with Gasteiger partial charge in [-0.1, -0.05) is 0 Å². The molecule has 1 rings (SSSR count). The van der Waals surface area contributed by atoms with E-state index in [1.54, 1.807) is 0 Å². The molecule has 0 heterocycles. The lowest BCUT2D eigenvalue weighted by molar-refractivity contribution is 0.425. The van der Waals surface area contributed by atoms with Crippen molar-refractivity contribution in [2.24, 2.45) is 0 Å². The Balaban J connectivity index is 2.47. The summed E-state index contributed by atoms with van der Waals surface area (Å²) >= 11 is 0. The molecule has 3 N–H and O–H groups in total. The van der Waals surface area contributed by atoms with Gasteiger partial charge >= 0.3 is 0 Å². The number of hydrogen-bond donors (Lipinski definition) is 2. The molecule has 0 spiro atoms. The van der Waals surface area contributed by atoms with Crippen molar-refractivity contribution in [1.82, 2.24) is 4.90 Å². The Morgan fingerprint density at radius 1 is 1.36 bits per heavy atom. The molecule has 1 aromatic carbocycles. The quantitative estimate of drug-likeness (QED) is 0.713. The lowest BCUT2D eigenvalue weighted by Crippen LogP contribution is -2.20. The molecular weight excluding hydrogens is 174 g/mol. The highest BCUT2D eigenvalue weighted by molar-refractivity contribution is 5.56. The Hall–Kier alpha value is -1.22. The Morgan fingerprint density at radius 2 is 2.07 bits per heavy atom. The van der Waals surface area contributed by atoms with Gasteiger partial charge in [-0.2, -0.15) is 0 Å². The predicted octanol–water partition coefficient (Wildman–Crippen LogP) is 1.55. The van der Waals surface area contributed by atoms with E-state index in [0.717, 1.165) is 30.0 Å². The molecule has 0 aliphatic rings. The molecular formula is C11H19N3. The number of nitrogens with two attached hydrogens (primary N) is 1. The third-order valence-corrected chi connectivity index (χ3v) is 2.16. The molecule has 3 heteroatoms. The van der Waals surface area contributed by atoms with Crippen LogP contribution in [0, 0.1) is 6.92 Å². The third kappa shape index (κ3) is 3.26. The topological polar surface area (TPSA) is 41.3 Å². The zero-order valence-electron chi connectivity index (χ0n) is 9.17. The molecule has 14 heavy (non-hydrogen) atoms. The monoisotopic (exact) mass is 193 g/mol. The van der Waals surface area contributed by atoms with Crippen LogP contribution in [-0.2, 0) is 0 Å². The van der Waals surface area contributed by atoms with Crippen LogP contribution in [0.1, 0.15) is 5.56 Å². The van der Waals surface area contributed by atoms with Gasteiger partial charge in [0.25, 0.3) is 0 Å². The van der Waals surface area contributed by atoms with Gasteiger partial charge in [-0.15, -0.1) is 0 Å². The molecule has 0 atom stereocenters. The SMILES string of the molecule is Cc1cc(NCCN(C)C)ccc1N. The minimum Gasteiger partial charge on any atom is -0.399 e. The molecule has 0 amide bonds. The van der Waals surface area contributed by atoms with Crippen molar-refractivity contribution < 1.29 is 0 Å². The number of likely N-dealkylation sites (N-methyl/N-ethyl adjacent to an activating group) is 1. The normalized spacial score (nSPS) is 10.6. The van der Waals surface area contributed by atoms with Crippen molar-refractivity contribution in [1.29, 1.82) is 0 Å². The molecule has 0 bridgehead atoms. The van der Waals surface area contributed by atoms with Gasteiger partial charge in [0, 0.05) is 24.5 Å². The molecule has 0 radical (unpaired) electrons. The van der Waals surface area contributed by atoms with Gasteiger partial charge in [-0.05, 0) is 44.8 Å². The first-order chi connectivity index (χ1) is 6.59. The number of nitrogens with zero attached hydrogens (tertiary/aromatic N) is 1. The third-order valence-electron chi connectivity index (χ3n) is 2.16. The number of nitrogens with one attached hydrogen (secondary N) is 1. The molecule has 78 valence electrons. The van der Waals surface area contributed by atoms with Crippen molar-refractivity contribution in [3.8, 4) is 0 Å². The minimum atomic E-state index is 0.850. The first-order valence-electron chi connectivity index (χ1n) is 4.84. The van der Waals surface area contributed by atoms with Gasteiger partial charge in [0.15, 0.2) is 0 Å². The maximum atomic E-state index is 5.73. The van der Waals surface area contributed by atoms with Gasteiger partial charge in [-0.25, -0.2) is 0 Å². The Labute approximate surface area is 85.9 Å². The van der Waals surface area contributed by atoms with E-state index in [4.69, 9.17) is 5.73 Å². The van der Waals surface area contributed by atoms with Crippen LogP contribution in [0.2, 0.25) is 0 Å². The van der Waals surface area contributed by atoms with E-state index in [1.165, 1.54) is 0 Å². The van der Waals surface area contributed by atoms with Crippen LogP contribution in [0.15, 0.2) is 18.2 Å². The zero-order chi connectivity index (χ0) is 10.6. The van der Waals surface area contributed by atoms with E-state index in [9.17, 15) is 0 Å². The van der Waals surface area contributed by atoms with Crippen LogP contribution in [-0.4, -0.2) is 32.1 Å². The average molecular weight is 193 g/mol. The molecule has 0 aliphatic heterocycles. The first-order valence-corrected chi connectivity index (χ1v) is 4.84. The summed E-state index contributed by atoms with van der Waals surface area (Å²) in [5.41, 5.74) is 8.84.